The summed E-state index contributed by atoms with van der Waals surface area (Å²) in [7, 11) is 6.23. The summed E-state index contributed by atoms with van der Waals surface area (Å²) in [4.78, 5) is 13.4. The number of carbonyl (C=O) groups excluding carboxylic acids is 1. The molecular formula is C28H61Cl2N3O2. The number of hydrogen-bond donors (Lipinski definition) is 3. The highest BCUT2D eigenvalue weighted by Gasteiger charge is 2.26. The average Bonchev–Trinajstić information content (AvgIpc) is 2.76. The van der Waals surface area contributed by atoms with Crippen LogP contribution in [-0.4, -0.2) is 62.1 Å². The summed E-state index contributed by atoms with van der Waals surface area (Å²) in [5.41, 5.74) is 0. The van der Waals surface area contributed by atoms with Crippen LogP contribution in [0.5, 0.6) is 0 Å². The Morgan fingerprint density at radius 2 is 1.14 bits per heavy atom. The molecule has 0 rings (SSSR count). The minimum absolute atomic E-state index is 0. The molecule has 0 fully saturated rings. The van der Waals surface area contributed by atoms with Gasteiger partial charge in [-0.25, -0.2) is 0 Å². The lowest BCUT2D eigenvalue weighted by Gasteiger charge is -2.31. The lowest BCUT2D eigenvalue weighted by Crippen LogP contribution is -3.18. The van der Waals surface area contributed by atoms with Gasteiger partial charge < -0.3 is 39.7 Å². The molecule has 3 atom stereocenters. The summed E-state index contributed by atoms with van der Waals surface area (Å²) in [5.74, 6) is 0.0864. The Labute approximate surface area is 231 Å². The molecule has 3 unspecified atom stereocenters. The van der Waals surface area contributed by atoms with E-state index < -0.39 is 6.23 Å². The van der Waals surface area contributed by atoms with E-state index in [1.807, 2.05) is 14.0 Å². The van der Waals surface area contributed by atoms with Crippen LogP contribution in [0.15, 0.2) is 0 Å². The van der Waals surface area contributed by atoms with Crippen LogP contribution in [-0.2, 0) is 4.79 Å². The minimum atomic E-state index is -0.483. The maximum atomic E-state index is 12.5. The van der Waals surface area contributed by atoms with Gasteiger partial charge in [0.05, 0.1) is 27.7 Å². The van der Waals surface area contributed by atoms with Gasteiger partial charge in [-0.3, -0.25) is 9.69 Å². The number of quaternary nitrogens is 2. The monoisotopic (exact) mass is 541 g/mol. The van der Waals surface area contributed by atoms with E-state index in [0.717, 1.165) is 22.3 Å². The lowest BCUT2D eigenvalue weighted by atomic mass is 10.0. The van der Waals surface area contributed by atoms with E-state index in [4.69, 9.17) is 0 Å². The molecule has 1 amide bonds. The fourth-order valence-corrected chi connectivity index (χ4v) is 4.62. The molecule has 0 saturated heterocycles. The van der Waals surface area contributed by atoms with Gasteiger partial charge in [0.15, 0.2) is 18.9 Å². The first-order valence-electron chi connectivity index (χ1n) is 14.4. The van der Waals surface area contributed by atoms with Crippen LogP contribution < -0.4 is 35.0 Å². The average molecular weight is 543 g/mol. The van der Waals surface area contributed by atoms with Crippen molar-refractivity contribution >= 4 is 5.91 Å². The van der Waals surface area contributed by atoms with Crippen molar-refractivity contribution in [1.29, 1.82) is 0 Å². The first-order chi connectivity index (χ1) is 15.7. The third-order valence-electron chi connectivity index (χ3n) is 7.14. The van der Waals surface area contributed by atoms with Gasteiger partial charge in [-0.05, 0) is 12.8 Å². The third kappa shape index (κ3) is 24.0. The van der Waals surface area contributed by atoms with Crippen LogP contribution in [0.25, 0.3) is 0 Å². The number of carbonyl (C=O) groups is 1. The number of halogens is 2. The van der Waals surface area contributed by atoms with Crippen LogP contribution in [0.1, 0.15) is 130 Å². The molecule has 0 aromatic heterocycles. The number of unbranched alkanes of at least 4 members (excludes halogenated alkanes) is 15. The Morgan fingerprint density at radius 1 is 0.771 bits per heavy atom. The van der Waals surface area contributed by atoms with E-state index in [0.29, 0.717) is 6.54 Å². The van der Waals surface area contributed by atoms with Crippen molar-refractivity contribution in [2.24, 2.45) is 0 Å². The zero-order valence-electron chi connectivity index (χ0n) is 24.1. The molecule has 0 heterocycles. The molecule has 5 nitrogen and oxygen atoms in total. The minimum Gasteiger partial charge on any atom is -1.00 e. The molecule has 0 aromatic carbocycles. The topological polar surface area (TPSA) is 53.8 Å². The summed E-state index contributed by atoms with van der Waals surface area (Å²) < 4.78 is 0.731. The number of aliphatic hydroxyl groups is 1. The molecule has 0 bridgehead atoms. The van der Waals surface area contributed by atoms with Gasteiger partial charge >= 0.3 is 0 Å². The lowest BCUT2D eigenvalue weighted by molar-refractivity contribution is -0.953. The molecule has 0 aliphatic heterocycles. The van der Waals surface area contributed by atoms with E-state index in [9.17, 15) is 9.90 Å². The zero-order valence-corrected chi connectivity index (χ0v) is 25.7. The molecule has 0 radical (unpaired) electrons. The van der Waals surface area contributed by atoms with E-state index in [-0.39, 0.29) is 36.9 Å². The van der Waals surface area contributed by atoms with Gasteiger partial charge in [-0.2, -0.15) is 0 Å². The first-order valence-corrected chi connectivity index (χ1v) is 14.4. The van der Waals surface area contributed by atoms with E-state index in [2.05, 4.69) is 26.3 Å². The van der Waals surface area contributed by atoms with Crippen molar-refractivity contribution < 1.29 is 44.1 Å². The molecule has 0 aliphatic rings. The second-order valence-corrected chi connectivity index (χ2v) is 11.1. The maximum Gasteiger partial charge on any atom is 0.279 e. The predicted octanol–water partition coefficient (Wildman–Crippen LogP) is -0.962. The molecule has 0 spiro atoms. The van der Waals surface area contributed by atoms with Crippen LogP contribution >= 0.6 is 0 Å². The molecule has 0 aromatic rings. The highest BCUT2D eigenvalue weighted by atomic mass is 35.5. The van der Waals surface area contributed by atoms with E-state index >= 15 is 0 Å². The quantitative estimate of drug-likeness (QED) is 0.0886. The van der Waals surface area contributed by atoms with Crippen molar-refractivity contribution in [3.8, 4) is 0 Å². The molecule has 0 saturated carbocycles. The largest absolute Gasteiger partial charge is 1.00 e. The number of rotatable bonds is 23. The van der Waals surface area contributed by atoms with Crippen molar-refractivity contribution in [1.82, 2.24) is 5.32 Å². The van der Waals surface area contributed by atoms with Crippen molar-refractivity contribution in [2.45, 2.75) is 142 Å². The number of likely N-dealkylation sites (N-methyl/N-ethyl adjacent to an activating group) is 1. The number of hydrogen-bond acceptors (Lipinski definition) is 2. The van der Waals surface area contributed by atoms with Crippen LogP contribution in [0, 0.1) is 0 Å². The fraction of sp³-hybridized carbons (Fsp3) is 0.964. The molecule has 214 valence electrons. The Bertz CT molecular complexity index is 465. The van der Waals surface area contributed by atoms with Crippen molar-refractivity contribution in [3.63, 3.8) is 0 Å². The number of aliphatic hydroxyl groups excluding tert-OH is 1. The van der Waals surface area contributed by atoms with Crippen LogP contribution in [0.2, 0.25) is 0 Å². The summed E-state index contributed by atoms with van der Waals surface area (Å²) >= 11 is 0. The maximum absolute atomic E-state index is 12.5. The van der Waals surface area contributed by atoms with Crippen LogP contribution in [0.4, 0.5) is 0 Å². The summed E-state index contributed by atoms with van der Waals surface area (Å²) in [6.07, 6.45) is 22.5. The Morgan fingerprint density at radius 3 is 1.49 bits per heavy atom. The van der Waals surface area contributed by atoms with Gasteiger partial charge in [0.1, 0.15) is 0 Å². The molecule has 3 N–H and O–H groups in total. The fourth-order valence-electron chi connectivity index (χ4n) is 4.62. The van der Waals surface area contributed by atoms with Crippen molar-refractivity contribution in [3.05, 3.63) is 0 Å². The summed E-state index contributed by atoms with van der Waals surface area (Å²) in [6, 6.07) is 0. The first kappa shape index (κ1) is 39.4. The molecule has 35 heavy (non-hydrogen) atoms. The van der Waals surface area contributed by atoms with Crippen LogP contribution in [0.3, 0.4) is 0 Å². The molecule has 0 aliphatic carbocycles. The Kier molecular flexibility index (Phi) is 28.8. The van der Waals surface area contributed by atoms with Crippen molar-refractivity contribution in [2.75, 3.05) is 34.2 Å². The number of amides is 1. The number of nitrogens with zero attached hydrogens (tertiary/aromatic N) is 1. The van der Waals surface area contributed by atoms with E-state index in [1.165, 1.54) is 103 Å². The second kappa shape index (κ2) is 25.6. The highest BCUT2D eigenvalue weighted by Crippen LogP contribution is 2.14. The summed E-state index contributed by atoms with van der Waals surface area (Å²) in [5, 5.41) is 12.9. The van der Waals surface area contributed by atoms with Gasteiger partial charge in [0, 0.05) is 13.3 Å². The predicted molar refractivity (Wildman–Crippen MR) is 142 cm³/mol. The molecule has 7 heteroatoms. The second-order valence-electron chi connectivity index (χ2n) is 11.1. The normalized spacial score (nSPS) is 13.9. The SMILES string of the molecule is CCCCCCCCCCCCCCCCCC[N+](C)(C)CC(=O)NC(CC)[NH+](C)C(C)O.[Cl-].[Cl-]. The highest BCUT2D eigenvalue weighted by molar-refractivity contribution is 5.77. The molecular weight excluding hydrogens is 481 g/mol. The third-order valence-corrected chi connectivity index (χ3v) is 7.14. The Balaban J connectivity index is -0.00000512. The van der Waals surface area contributed by atoms with Gasteiger partial charge in [0.2, 0.25) is 0 Å². The Hall–Kier alpha value is -0.0700. The zero-order chi connectivity index (χ0) is 25.0. The number of nitrogens with one attached hydrogen (secondary N) is 2. The van der Waals surface area contributed by atoms with E-state index in [1.54, 1.807) is 6.92 Å². The smallest absolute Gasteiger partial charge is 0.279 e. The van der Waals surface area contributed by atoms with Gasteiger partial charge in [-0.15, -0.1) is 0 Å². The standard InChI is InChI=1S/C28H59N3O2.2ClH/c1-7-9-10-11-12-13-14-15-16-17-18-19-20-21-22-23-24-31(5,6)25-28(33)29-27(8-2)30(4)26(3)32;;/h26-27,32H,7-25H2,1-6H3;2*1H. The summed E-state index contributed by atoms with van der Waals surface area (Å²) in [6.45, 7) is 7.65. The van der Waals surface area contributed by atoms with Gasteiger partial charge in [-0.1, -0.05) is 104 Å². The van der Waals surface area contributed by atoms with Gasteiger partial charge in [0.25, 0.3) is 5.91 Å².